The minimum absolute atomic E-state index is 0.176. The lowest BCUT2D eigenvalue weighted by Crippen LogP contribution is -2.25. The highest BCUT2D eigenvalue weighted by Crippen LogP contribution is 2.10. The topological polar surface area (TPSA) is 88.2 Å². The van der Waals surface area contributed by atoms with E-state index in [-0.39, 0.29) is 10.8 Å². The molecule has 1 aromatic heterocycles. The number of aromatic nitrogens is 1. The molecular formula is C16H19N3O3S. The highest BCUT2D eigenvalue weighted by Gasteiger charge is 2.11. The highest BCUT2D eigenvalue weighted by atomic mass is 32.2. The van der Waals surface area contributed by atoms with E-state index >= 15 is 0 Å². The summed E-state index contributed by atoms with van der Waals surface area (Å²) in [7, 11) is -3.42. The summed E-state index contributed by atoms with van der Waals surface area (Å²) in [5.41, 5.74) is 1.46. The van der Waals surface area contributed by atoms with E-state index in [9.17, 15) is 13.2 Å². The van der Waals surface area contributed by atoms with Crippen LogP contribution in [0.5, 0.6) is 0 Å². The van der Waals surface area contributed by atoms with E-state index in [0.29, 0.717) is 25.1 Å². The van der Waals surface area contributed by atoms with Crippen LogP contribution in [0.25, 0.3) is 0 Å². The molecule has 2 N–H and O–H groups in total. The SMILES string of the molecule is CCNS(=O)(=O)c1ccc(CCNC(=O)c2cccnc2)cc1. The summed E-state index contributed by atoms with van der Waals surface area (Å²) >= 11 is 0. The number of pyridine rings is 1. The van der Waals surface area contributed by atoms with Crippen LogP contribution in [0.2, 0.25) is 0 Å². The van der Waals surface area contributed by atoms with Crippen molar-refractivity contribution in [2.75, 3.05) is 13.1 Å². The standard InChI is InChI=1S/C16H19N3O3S/c1-2-19-23(21,22)15-7-5-13(6-8-15)9-11-18-16(20)14-4-3-10-17-12-14/h3-8,10,12,19H,2,9,11H2,1H3,(H,18,20). The zero-order valence-electron chi connectivity index (χ0n) is 12.8. The van der Waals surface area contributed by atoms with Gasteiger partial charge < -0.3 is 5.32 Å². The van der Waals surface area contributed by atoms with E-state index in [4.69, 9.17) is 0 Å². The molecule has 23 heavy (non-hydrogen) atoms. The third-order valence-corrected chi connectivity index (χ3v) is 4.75. The van der Waals surface area contributed by atoms with Gasteiger partial charge in [0.1, 0.15) is 0 Å². The lowest BCUT2D eigenvalue weighted by Gasteiger charge is -2.07. The second-order valence-electron chi connectivity index (χ2n) is 4.89. The molecule has 0 aliphatic rings. The number of hydrogen-bond acceptors (Lipinski definition) is 4. The molecule has 0 atom stereocenters. The first kappa shape index (κ1) is 17.1. The van der Waals surface area contributed by atoms with E-state index in [1.54, 1.807) is 49.5 Å². The van der Waals surface area contributed by atoms with Crippen LogP contribution in [0.1, 0.15) is 22.8 Å². The first-order valence-electron chi connectivity index (χ1n) is 7.30. The monoisotopic (exact) mass is 333 g/mol. The van der Waals surface area contributed by atoms with Gasteiger partial charge in [0.25, 0.3) is 5.91 Å². The van der Waals surface area contributed by atoms with Crippen molar-refractivity contribution in [2.45, 2.75) is 18.2 Å². The number of nitrogens with one attached hydrogen (secondary N) is 2. The Morgan fingerprint density at radius 2 is 1.91 bits per heavy atom. The Hall–Kier alpha value is -2.25. The largest absolute Gasteiger partial charge is 0.352 e. The molecule has 0 bridgehead atoms. The molecule has 6 nitrogen and oxygen atoms in total. The van der Waals surface area contributed by atoms with Crippen LogP contribution >= 0.6 is 0 Å². The number of carbonyl (C=O) groups excluding carboxylic acids is 1. The van der Waals surface area contributed by atoms with Crippen LogP contribution in [-0.2, 0) is 16.4 Å². The summed E-state index contributed by atoms with van der Waals surface area (Å²) < 4.78 is 26.1. The summed E-state index contributed by atoms with van der Waals surface area (Å²) in [6.45, 7) is 2.55. The predicted molar refractivity (Wildman–Crippen MR) is 87.6 cm³/mol. The molecule has 0 aliphatic carbocycles. The number of nitrogens with zero attached hydrogens (tertiary/aromatic N) is 1. The quantitative estimate of drug-likeness (QED) is 0.800. The van der Waals surface area contributed by atoms with Crippen LogP contribution in [0, 0.1) is 0 Å². The summed E-state index contributed by atoms with van der Waals surface area (Å²) in [4.78, 5) is 16.0. The van der Waals surface area contributed by atoms with Crippen molar-refractivity contribution in [2.24, 2.45) is 0 Å². The number of benzene rings is 1. The third-order valence-electron chi connectivity index (χ3n) is 3.19. The predicted octanol–water partition coefficient (Wildman–Crippen LogP) is 1.35. The number of amides is 1. The first-order chi connectivity index (χ1) is 11.0. The molecule has 2 rings (SSSR count). The molecule has 122 valence electrons. The van der Waals surface area contributed by atoms with Crippen LogP contribution < -0.4 is 10.0 Å². The van der Waals surface area contributed by atoms with Gasteiger partial charge in [-0.15, -0.1) is 0 Å². The van der Waals surface area contributed by atoms with Crippen LogP contribution in [0.15, 0.2) is 53.7 Å². The Morgan fingerprint density at radius 1 is 1.17 bits per heavy atom. The number of rotatable bonds is 7. The summed E-state index contributed by atoms with van der Waals surface area (Å²) in [6, 6.07) is 10.0. The van der Waals surface area contributed by atoms with Crippen molar-refractivity contribution < 1.29 is 13.2 Å². The van der Waals surface area contributed by atoms with Gasteiger partial charge in [0.15, 0.2) is 0 Å². The first-order valence-corrected chi connectivity index (χ1v) is 8.78. The molecule has 0 aliphatic heterocycles. The zero-order valence-corrected chi connectivity index (χ0v) is 13.6. The molecule has 0 unspecified atom stereocenters. The van der Waals surface area contributed by atoms with E-state index in [0.717, 1.165) is 5.56 Å². The lowest BCUT2D eigenvalue weighted by molar-refractivity contribution is 0.0954. The normalized spacial score (nSPS) is 11.2. The molecule has 7 heteroatoms. The summed E-state index contributed by atoms with van der Waals surface area (Å²) in [5, 5.41) is 2.80. The smallest absolute Gasteiger partial charge is 0.252 e. The molecule has 2 aromatic rings. The zero-order chi connectivity index (χ0) is 16.7. The van der Waals surface area contributed by atoms with E-state index in [1.807, 2.05) is 0 Å². The Bertz CT molecular complexity index is 744. The summed E-state index contributed by atoms with van der Waals surface area (Å²) in [5.74, 6) is -0.176. The molecule has 1 amide bonds. The fourth-order valence-electron chi connectivity index (χ4n) is 2.03. The number of hydrogen-bond donors (Lipinski definition) is 2. The second-order valence-corrected chi connectivity index (χ2v) is 6.66. The minimum Gasteiger partial charge on any atom is -0.352 e. The van der Waals surface area contributed by atoms with Gasteiger partial charge in [-0.1, -0.05) is 19.1 Å². The van der Waals surface area contributed by atoms with Gasteiger partial charge >= 0.3 is 0 Å². The fraction of sp³-hybridized carbons (Fsp3) is 0.250. The van der Waals surface area contributed by atoms with Gasteiger partial charge in [0.2, 0.25) is 10.0 Å². The van der Waals surface area contributed by atoms with Crippen molar-refractivity contribution in [3.8, 4) is 0 Å². The fourth-order valence-corrected chi connectivity index (χ4v) is 3.07. The molecule has 1 aromatic carbocycles. The van der Waals surface area contributed by atoms with E-state index in [2.05, 4.69) is 15.0 Å². The number of carbonyl (C=O) groups is 1. The van der Waals surface area contributed by atoms with Crippen molar-refractivity contribution >= 4 is 15.9 Å². The van der Waals surface area contributed by atoms with Gasteiger partial charge in [-0.3, -0.25) is 9.78 Å². The maximum absolute atomic E-state index is 11.9. The molecule has 0 fully saturated rings. The van der Waals surface area contributed by atoms with Gasteiger partial charge in [0, 0.05) is 25.5 Å². The third kappa shape index (κ3) is 4.87. The van der Waals surface area contributed by atoms with E-state index in [1.165, 1.54) is 6.20 Å². The highest BCUT2D eigenvalue weighted by molar-refractivity contribution is 7.89. The van der Waals surface area contributed by atoms with Gasteiger partial charge in [0.05, 0.1) is 10.5 Å². The molecule has 1 heterocycles. The van der Waals surface area contributed by atoms with Gasteiger partial charge in [-0.2, -0.15) is 0 Å². The summed E-state index contributed by atoms with van der Waals surface area (Å²) in [6.07, 6.45) is 3.74. The Labute approximate surface area is 136 Å². The van der Waals surface area contributed by atoms with Crippen molar-refractivity contribution in [1.82, 2.24) is 15.0 Å². The average molecular weight is 333 g/mol. The molecule has 0 saturated carbocycles. The van der Waals surface area contributed by atoms with Crippen LogP contribution in [-0.4, -0.2) is 32.4 Å². The van der Waals surface area contributed by atoms with Gasteiger partial charge in [-0.05, 0) is 36.2 Å². The molecule has 0 saturated heterocycles. The van der Waals surface area contributed by atoms with Gasteiger partial charge in [-0.25, -0.2) is 13.1 Å². The average Bonchev–Trinajstić information content (AvgIpc) is 2.56. The van der Waals surface area contributed by atoms with E-state index < -0.39 is 10.0 Å². The van der Waals surface area contributed by atoms with Crippen LogP contribution in [0.3, 0.4) is 0 Å². The Balaban J connectivity index is 1.88. The minimum atomic E-state index is -3.42. The maximum Gasteiger partial charge on any atom is 0.252 e. The molecular weight excluding hydrogens is 314 g/mol. The molecule has 0 spiro atoms. The Morgan fingerprint density at radius 3 is 2.52 bits per heavy atom. The van der Waals surface area contributed by atoms with Crippen molar-refractivity contribution in [3.05, 3.63) is 59.9 Å². The maximum atomic E-state index is 11.9. The number of sulfonamides is 1. The van der Waals surface area contributed by atoms with Crippen LogP contribution in [0.4, 0.5) is 0 Å². The van der Waals surface area contributed by atoms with Crippen molar-refractivity contribution in [3.63, 3.8) is 0 Å². The molecule has 0 radical (unpaired) electrons. The Kier molecular flexibility index (Phi) is 5.84. The second kappa shape index (κ2) is 7.85. The van der Waals surface area contributed by atoms with Crippen molar-refractivity contribution in [1.29, 1.82) is 0 Å². The lowest BCUT2D eigenvalue weighted by atomic mass is 10.1.